The quantitative estimate of drug-likeness (QED) is 0.311. The van der Waals surface area contributed by atoms with Crippen molar-refractivity contribution in [1.82, 2.24) is 30.1 Å². The van der Waals surface area contributed by atoms with Crippen LogP contribution in [0.3, 0.4) is 0 Å². The number of ether oxygens (including phenoxy) is 2. The topological polar surface area (TPSA) is 96.0 Å². The second-order valence-corrected chi connectivity index (χ2v) is 12.8. The highest BCUT2D eigenvalue weighted by molar-refractivity contribution is 5.97. The van der Waals surface area contributed by atoms with Crippen LogP contribution in [-0.2, 0) is 13.0 Å². The first-order chi connectivity index (χ1) is 22.4. The van der Waals surface area contributed by atoms with E-state index in [1.807, 2.05) is 33.0 Å². The second kappa shape index (κ2) is 14.3. The Morgan fingerprint density at radius 2 is 1.89 bits per heavy atom. The van der Waals surface area contributed by atoms with E-state index in [-0.39, 0.29) is 29.4 Å². The van der Waals surface area contributed by atoms with Gasteiger partial charge in [-0.15, -0.1) is 0 Å². The normalized spacial score (nSPS) is 18.2. The Balaban J connectivity index is 1.13. The lowest BCUT2D eigenvalue weighted by Crippen LogP contribution is -2.55. The number of pyridine rings is 1. The first-order valence-electron chi connectivity index (χ1n) is 16.8. The number of fused-ring (bicyclic) bond motifs is 1. The molecule has 1 atom stereocenters. The van der Waals surface area contributed by atoms with Gasteiger partial charge in [-0.3, -0.25) is 14.7 Å². The molecule has 10 nitrogen and oxygen atoms in total. The van der Waals surface area contributed by atoms with Gasteiger partial charge in [0.05, 0.1) is 11.8 Å². The number of hydrogen-bond donors (Lipinski definition) is 1. The molecule has 2 saturated heterocycles. The number of carbonyl (C=O) groups is 1. The van der Waals surface area contributed by atoms with Gasteiger partial charge < -0.3 is 24.6 Å². The monoisotopic (exact) mass is 631 g/mol. The van der Waals surface area contributed by atoms with Crippen LogP contribution >= 0.6 is 0 Å². The smallest absolute Gasteiger partial charge is 0.257 e. The molecule has 0 radical (unpaired) electrons. The van der Waals surface area contributed by atoms with E-state index in [2.05, 4.69) is 32.0 Å². The molecule has 1 aromatic carbocycles. The van der Waals surface area contributed by atoms with E-state index in [0.717, 1.165) is 76.4 Å². The number of anilines is 1. The number of carbonyl (C=O) groups excluding carboxylic acids is 1. The maximum absolute atomic E-state index is 14.3. The molecule has 1 unspecified atom stereocenters. The van der Waals surface area contributed by atoms with Gasteiger partial charge in [-0.2, -0.15) is 0 Å². The maximum Gasteiger partial charge on any atom is 0.257 e. The molecule has 3 aliphatic heterocycles. The van der Waals surface area contributed by atoms with Crippen LogP contribution in [0.25, 0.3) is 0 Å². The molecule has 246 valence electrons. The van der Waals surface area contributed by atoms with Gasteiger partial charge in [-0.05, 0) is 57.4 Å². The maximum atomic E-state index is 14.3. The van der Waals surface area contributed by atoms with Crippen LogP contribution in [-0.4, -0.2) is 88.1 Å². The number of rotatable bonds is 11. The summed E-state index contributed by atoms with van der Waals surface area (Å²) in [7, 11) is 0. The van der Waals surface area contributed by atoms with Crippen LogP contribution in [0.2, 0.25) is 0 Å². The molecule has 2 fully saturated rings. The van der Waals surface area contributed by atoms with Crippen LogP contribution in [0.4, 0.5) is 10.2 Å². The van der Waals surface area contributed by atoms with Crippen LogP contribution in [0, 0.1) is 11.7 Å². The van der Waals surface area contributed by atoms with Crippen LogP contribution in [0.5, 0.6) is 17.2 Å². The van der Waals surface area contributed by atoms with E-state index in [4.69, 9.17) is 14.5 Å². The number of aromatic nitrogens is 3. The van der Waals surface area contributed by atoms with Crippen molar-refractivity contribution in [2.75, 3.05) is 44.2 Å². The van der Waals surface area contributed by atoms with E-state index < -0.39 is 5.82 Å². The van der Waals surface area contributed by atoms with Crippen molar-refractivity contribution in [2.45, 2.75) is 78.1 Å². The minimum Gasteiger partial charge on any atom is -0.490 e. The average Bonchev–Trinajstić information content (AvgIpc) is 3.04. The summed E-state index contributed by atoms with van der Waals surface area (Å²) in [5.41, 5.74) is 2.56. The van der Waals surface area contributed by atoms with Gasteiger partial charge in [0, 0.05) is 94.6 Å². The highest BCUT2D eigenvalue weighted by atomic mass is 19.1. The van der Waals surface area contributed by atoms with Gasteiger partial charge in [0.25, 0.3) is 5.91 Å². The number of hydrogen-bond acceptors (Lipinski definition) is 9. The molecule has 6 rings (SSSR count). The number of halogens is 1. The lowest BCUT2D eigenvalue weighted by atomic mass is 9.89. The van der Waals surface area contributed by atoms with Crippen molar-refractivity contribution in [2.24, 2.45) is 5.92 Å². The van der Waals surface area contributed by atoms with Crippen molar-refractivity contribution >= 4 is 11.7 Å². The molecule has 0 aliphatic carbocycles. The molecule has 46 heavy (non-hydrogen) atoms. The third-order valence-corrected chi connectivity index (χ3v) is 9.65. The minimum atomic E-state index is -0.494. The zero-order valence-corrected chi connectivity index (χ0v) is 27.4. The summed E-state index contributed by atoms with van der Waals surface area (Å²) in [6.45, 7) is 14.2. The van der Waals surface area contributed by atoms with Crippen molar-refractivity contribution in [1.29, 1.82) is 0 Å². The van der Waals surface area contributed by atoms with E-state index in [1.165, 1.54) is 30.1 Å². The lowest BCUT2D eigenvalue weighted by Gasteiger charge is -2.43. The highest BCUT2D eigenvalue weighted by Crippen LogP contribution is 2.36. The first kappa shape index (κ1) is 32.1. The summed E-state index contributed by atoms with van der Waals surface area (Å²) in [4.78, 5) is 33.3. The number of amides is 1. The summed E-state index contributed by atoms with van der Waals surface area (Å²) in [5.74, 6) is 2.23. The van der Waals surface area contributed by atoms with E-state index >= 15 is 0 Å². The number of nitrogens with one attached hydrogen (secondary N) is 1. The molecule has 5 heterocycles. The van der Waals surface area contributed by atoms with Crippen LogP contribution < -0.4 is 19.7 Å². The Labute approximate surface area is 271 Å². The van der Waals surface area contributed by atoms with Crippen molar-refractivity contribution < 1.29 is 18.7 Å². The summed E-state index contributed by atoms with van der Waals surface area (Å²) in [6, 6.07) is 6.60. The Bertz CT molecular complexity index is 1510. The fraction of sp³-hybridized carbons (Fsp3) is 0.543. The summed E-state index contributed by atoms with van der Waals surface area (Å²) >= 11 is 0. The average molecular weight is 632 g/mol. The fourth-order valence-electron chi connectivity index (χ4n) is 7.06. The predicted molar refractivity (Wildman–Crippen MR) is 175 cm³/mol. The third-order valence-electron chi connectivity index (χ3n) is 9.65. The Hall–Kier alpha value is -3.83. The molecule has 0 spiro atoms. The fourth-order valence-corrected chi connectivity index (χ4v) is 7.06. The summed E-state index contributed by atoms with van der Waals surface area (Å²) in [5, 5.41) is 3.44. The lowest BCUT2D eigenvalue weighted by molar-refractivity contribution is 0.0713. The minimum absolute atomic E-state index is 0.0394. The van der Waals surface area contributed by atoms with Gasteiger partial charge in [0.15, 0.2) is 11.6 Å². The van der Waals surface area contributed by atoms with Gasteiger partial charge in [-0.1, -0.05) is 6.92 Å². The molecule has 0 bridgehead atoms. The van der Waals surface area contributed by atoms with Crippen LogP contribution in [0.1, 0.15) is 68.6 Å². The zero-order valence-electron chi connectivity index (χ0n) is 27.4. The number of benzene rings is 1. The molecular weight excluding hydrogens is 585 g/mol. The first-order valence-corrected chi connectivity index (χ1v) is 16.8. The van der Waals surface area contributed by atoms with Crippen LogP contribution in [0.15, 0.2) is 43.0 Å². The largest absolute Gasteiger partial charge is 0.490 e. The molecule has 2 aromatic heterocycles. The van der Waals surface area contributed by atoms with E-state index in [9.17, 15) is 9.18 Å². The second-order valence-electron chi connectivity index (χ2n) is 12.8. The molecule has 3 aromatic rings. The van der Waals surface area contributed by atoms with Crippen molar-refractivity contribution in [3.63, 3.8) is 0 Å². The number of nitrogens with zero attached hydrogens (tertiary/aromatic N) is 6. The Morgan fingerprint density at radius 3 is 2.59 bits per heavy atom. The summed E-state index contributed by atoms with van der Waals surface area (Å²) < 4.78 is 27.3. The van der Waals surface area contributed by atoms with Gasteiger partial charge in [-0.25, -0.2) is 14.4 Å². The Kier molecular flexibility index (Phi) is 9.98. The zero-order chi connectivity index (χ0) is 32.2. The standard InChI is InChI=1S/C35H46FN7O3/c1-5-30(24-18-37-19-24)42-16-12-29-28(21-42)32(9-13-39-29)45-26-10-14-41(15-11-26)34-33(20-38-22-40-34)46-31-8-7-25(36)17-27(31)35(44)43(6-2)23(3)4/h7-9,13,17,20,22-24,26,30,37H,5-6,10-12,14-16,18-19,21H2,1-4H3. The molecule has 1 N–H and O–H groups in total. The molecule has 1 amide bonds. The third kappa shape index (κ3) is 6.80. The molecule has 11 heteroatoms. The van der Waals surface area contributed by atoms with E-state index in [0.29, 0.717) is 30.1 Å². The predicted octanol–water partition coefficient (Wildman–Crippen LogP) is 5.08. The van der Waals surface area contributed by atoms with E-state index in [1.54, 1.807) is 11.1 Å². The summed E-state index contributed by atoms with van der Waals surface area (Å²) in [6.07, 6.45) is 8.78. The highest BCUT2D eigenvalue weighted by Gasteiger charge is 2.34. The molecule has 3 aliphatic rings. The SMILES string of the molecule is CCC(C1CNC1)N1CCc2nccc(OC3CCN(c4ncncc4Oc4ccc(F)cc4C(=O)N(CC)C(C)C)CC3)c2C1. The van der Waals surface area contributed by atoms with Gasteiger partial charge in [0.2, 0.25) is 0 Å². The van der Waals surface area contributed by atoms with Gasteiger partial charge in [0.1, 0.15) is 29.7 Å². The Morgan fingerprint density at radius 1 is 1.09 bits per heavy atom. The van der Waals surface area contributed by atoms with Gasteiger partial charge >= 0.3 is 0 Å². The number of piperidine rings is 1. The van der Waals surface area contributed by atoms with Crippen molar-refractivity contribution in [3.8, 4) is 17.2 Å². The molecule has 0 saturated carbocycles. The molecular formula is C35H46FN7O3. The van der Waals surface area contributed by atoms with Crippen molar-refractivity contribution in [3.05, 3.63) is 65.6 Å².